The van der Waals surface area contributed by atoms with Crippen LogP contribution in [-0.4, -0.2) is 18.8 Å². The first kappa shape index (κ1) is 22.0. The lowest BCUT2D eigenvalue weighted by atomic mass is 9.83. The molecule has 1 unspecified atom stereocenters. The molecular weight excluding hydrogens is 418 g/mol. The van der Waals surface area contributed by atoms with Gasteiger partial charge < -0.3 is 24.5 Å². The molecule has 0 aliphatic carbocycles. The highest BCUT2D eigenvalue weighted by Crippen LogP contribution is 2.44. The Morgan fingerprint density at radius 2 is 1.82 bits per heavy atom. The molecule has 2 N–H and O–H groups in total. The van der Waals surface area contributed by atoms with E-state index in [-0.39, 0.29) is 17.0 Å². The summed E-state index contributed by atoms with van der Waals surface area (Å²) in [5.41, 5.74) is 9.83. The number of nitriles is 1. The third-order valence-electron chi connectivity index (χ3n) is 5.90. The molecule has 168 valence electrons. The molecule has 1 aliphatic rings. The molecule has 0 spiro atoms. The normalized spacial score (nSPS) is 14.8. The van der Waals surface area contributed by atoms with Crippen molar-refractivity contribution < 1.29 is 14.2 Å². The zero-order chi connectivity index (χ0) is 23.7. The first-order chi connectivity index (χ1) is 15.9. The Kier molecular flexibility index (Phi) is 5.84. The number of hydrogen-bond acceptors (Lipinski definition) is 6. The maximum atomic E-state index is 13.8. The van der Waals surface area contributed by atoms with Gasteiger partial charge in [-0.2, -0.15) is 5.26 Å². The highest BCUT2D eigenvalue weighted by atomic mass is 16.5. The number of fused-ring (bicyclic) bond motifs is 1. The van der Waals surface area contributed by atoms with Crippen molar-refractivity contribution in [1.29, 1.82) is 5.26 Å². The number of aryl methyl sites for hydroxylation is 2. The van der Waals surface area contributed by atoms with Crippen LogP contribution in [0.4, 0.5) is 0 Å². The summed E-state index contributed by atoms with van der Waals surface area (Å²) in [6, 6.07) is 17.2. The number of allylic oxidation sites excluding steroid dienone is 1. The summed E-state index contributed by atoms with van der Waals surface area (Å²) in [7, 11) is 3.09. The summed E-state index contributed by atoms with van der Waals surface area (Å²) in [5.74, 6) is 0.626. The summed E-state index contributed by atoms with van der Waals surface area (Å²) < 4.78 is 18.4. The molecule has 1 aromatic heterocycles. The molecule has 7 heteroatoms. The van der Waals surface area contributed by atoms with E-state index < -0.39 is 5.92 Å². The van der Waals surface area contributed by atoms with Crippen LogP contribution in [0.2, 0.25) is 0 Å². The van der Waals surface area contributed by atoms with Gasteiger partial charge in [0, 0.05) is 17.3 Å². The highest BCUT2D eigenvalue weighted by molar-refractivity contribution is 5.59. The lowest BCUT2D eigenvalue weighted by Crippen LogP contribution is -2.33. The average Bonchev–Trinajstić information content (AvgIpc) is 2.81. The first-order valence-corrected chi connectivity index (χ1v) is 10.5. The van der Waals surface area contributed by atoms with E-state index in [1.54, 1.807) is 35.9 Å². The number of nitrogens with two attached hydrogens (primary N) is 1. The van der Waals surface area contributed by atoms with Crippen LogP contribution in [0.25, 0.3) is 0 Å². The van der Waals surface area contributed by atoms with Gasteiger partial charge >= 0.3 is 0 Å². The van der Waals surface area contributed by atoms with Crippen LogP contribution < -0.4 is 25.5 Å². The van der Waals surface area contributed by atoms with Gasteiger partial charge in [0.05, 0.1) is 32.2 Å². The Morgan fingerprint density at radius 1 is 1.09 bits per heavy atom. The third-order valence-corrected chi connectivity index (χ3v) is 5.90. The Hall–Kier alpha value is -4.18. The number of hydrogen-bond donors (Lipinski definition) is 1. The monoisotopic (exact) mass is 443 g/mol. The Morgan fingerprint density at radius 3 is 2.45 bits per heavy atom. The van der Waals surface area contributed by atoms with Gasteiger partial charge in [0.15, 0.2) is 0 Å². The molecule has 2 heterocycles. The SMILES string of the molecule is COc1ccc(OC)c(C2C(C#N)=C(N)Oc3cc(C)n(Cc4ccc(C)cc4)c(=O)c32)c1. The van der Waals surface area contributed by atoms with Crippen LogP contribution in [0, 0.1) is 25.2 Å². The van der Waals surface area contributed by atoms with Gasteiger partial charge in [-0.05, 0) is 37.6 Å². The molecule has 33 heavy (non-hydrogen) atoms. The van der Waals surface area contributed by atoms with Crippen LogP contribution >= 0.6 is 0 Å². The van der Waals surface area contributed by atoms with Crippen LogP contribution in [0.5, 0.6) is 17.2 Å². The highest BCUT2D eigenvalue weighted by Gasteiger charge is 2.36. The molecule has 0 fully saturated rings. The minimum atomic E-state index is -0.763. The Balaban J connectivity index is 1.96. The van der Waals surface area contributed by atoms with E-state index in [1.165, 1.54) is 7.11 Å². The molecule has 2 aromatic carbocycles. The number of rotatable bonds is 5. The van der Waals surface area contributed by atoms with Crippen LogP contribution in [0.15, 0.2) is 64.8 Å². The smallest absolute Gasteiger partial charge is 0.259 e. The van der Waals surface area contributed by atoms with Crippen molar-refractivity contribution in [3.8, 4) is 23.3 Å². The summed E-state index contributed by atoms with van der Waals surface area (Å²) >= 11 is 0. The second-order valence-corrected chi connectivity index (χ2v) is 7.97. The number of pyridine rings is 1. The van der Waals surface area contributed by atoms with Crippen molar-refractivity contribution in [2.75, 3.05) is 14.2 Å². The maximum Gasteiger partial charge on any atom is 0.259 e. The van der Waals surface area contributed by atoms with E-state index >= 15 is 0 Å². The van der Waals surface area contributed by atoms with Gasteiger partial charge in [-0.1, -0.05) is 29.8 Å². The first-order valence-electron chi connectivity index (χ1n) is 10.5. The average molecular weight is 444 g/mol. The summed E-state index contributed by atoms with van der Waals surface area (Å²) in [5, 5.41) is 9.94. The van der Waals surface area contributed by atoms with Crippen LogP contribution in [0.3, 0.4) is 0 Å². The van der Waals surface area contributed by atoms with Gasteiger partial charge in [0.2, 0.25) is 5.88 Å². The molecule has 3 aromatic rings. The standard InChI is InChI=1S/C26H25N3O4/c1-15-5-7-17(8-6-15)14-29-16(2)11-22-24(26(29)30)23(20(13-27)25(28)33-22)19-12-18(31-3)9-10-21(19)32-4/h5-12,23H,14,28H2,1-4H3. The molecule has 0 saturated heterocycles. The summed E-state index contributed by atoms with van der Waals surface area (Å²) in [4.78, 5) is 13.8. The lowest BCUT2D eigenvalue weighted by molar-refractivity contribution is 0.380. The molecule has 0 saturated carbocycles. The van der Waals surface area contributed by atoms with E-state index in [0.717, 1.165) is 16.8 Å². The fourth-order valence-corrected chi connectivity index (χ4v) is 4.13. The van der Waals surface area contributed by atoms with E-state index in [1.807, 2.05) is 38.1 Å². The van der Waals surface area contributed by atoms with Gasteiger partial charge in [0.1, 0.15) is 28.9 Å². The Labute approximate surface area is 192 Å². The molecule has 7 nitrogen and oxygen atoms in total. The predicted molar refractivity (Wildman–Crippen MR) is 125 cm³/mol. The molecule has 0 bridgehead atoms. The van der Waals surface area contributed by atoms with Gasteiger partial charge in [-0.25, -0.2) is 0 Å². The number of aromatic nitrogens is 1. The van der Waals surface area contributed by atoms with Gasteiger partial charge in [-0.15, -0.1) is 0 Å². The van der Waals surface area contributed by atoms with Crippen molar-refractivity contribution in [3.63, 3.8) is 0 Å². The summed E-state index contributed by atoms with van der Waals surface area (Å²) in [6.07, 6.45) is 0. The van der Waals surface area contributed by atoms with Crippen molar-refractivity contribution in [2.45, 2.75) is 26.3 Å². The van der Waals surface area contributed by atoms with Crippen molar-refractivity contribution in [2.24, 2.45) is 5.73 Å². The number of nitrogens with zero attached hydrogens (tertiary/aromatic N) is 2. The molecule has 0 radical (unpaired) electrons. The van der Waals surface area contributed by atoms with E-state index in [9.17, 15) is 10.1 Å². The van der Waals surface area contributed by atoms with Crippen molar-refractivity contribution in [1.82, 2.24) is 4.57 Å². The molecule has 1 aliphatic heterocycles. The minimum absolute atomic E-state index is 0.0324. The second kappa shape index (κ2) is 8.75. The largest absolute Gasteiger partial charge is 0.497 e. The van der Waals surface area contributed by atoms with Crippen molar-refractivity contribution >= 4 is 0 Å². The quantitative estimate of drug-likeness (QED) is 0.645. The van der Waals surface area contributed by atoms with Gasteiger partial charge in [-0.3, -0.25) is 4.79 Å². The topological polar surface area (TPSA) is 99.5 Å². The number of ether oxygens (including phenoxy) is 3. The fourth-order valence-electron chi connectivity index (χ4n) is 4.13. The summed E-state index contributed by atoms with van der Waals surface area (Å²) in [6.45, 7) is 4.26. The molecular formula is C26H25N3O4. The Bertz CT molecular complexity index is 1350. The van der Waals surface area contributed by atoms with Crippen LogP contribution in [-0.2, 0) is 6.54 Å². The van der Waals surface area contributed by atoms with E-state index in [0.29, 0.717) is 34.9 Å². The van der Waals surface area contributed by atoms with E-state index in [2.05, 4.69) is 6.07 Å². The lowest BCUT2D eigenvalue weighted by Gasteiger charge is -2.28. The third kappa shape index (κ3) is 3.92. The van der Waals surface area contributed by atoms with Crippen molar-refractivity contribution in [3.05, 3.63) is 98.3 Å². The van der Waals surface area contributed by atoms with Gasteiger partial charge in [0.25, 0.3) is 5.56 Å². The second-order valence-electron chi connectivity index (χ2n) is 7.97. The number of methoxy groups -OCH3 is 2. The predicted octanol–water partition coefficient (Wildman–Crippen LogP) is 3.75. The fraction of sp³-hybridized carbons (Fsp3) is 0.231. The molecule has 0 amide bonds. The molecule has 4 rings (SSSR count). The molecule has 1 atom stereocenters. The van der Waals surface area contributed by atoms with E-state index in [4.69, 9.17) is 19.9 Å². The maximum absolute atomic E-state index is 13.8. The minimum Gasteiger partial charge on any atom is -0.497 e. The zero-order valence-electron chi connectivity index (χ0n) is 19.0. The number of benzene rings is 2. The zero-order valence-corrected chi connectivity index (χ0v) is 19.0. The van der Waals surface area contributed by atoms with Crippen LogP contribution in [0.1, 0.15) is 33.9 Å².